The van der Waals surface area contributed by atoms with Crippen LogP contribution in [0.5, 0.6) is 0 Å². The van der Waals surface area contributed by atoms with Gasteiger partial charge in [0.25, 0.3) is 0 Å². The molecule has 1 unspecified atom stereocenters. The third kappa shape index (κ3) is 1.82. The summed E-state index contributed by atoms with van der Waals surface area (Å²) in [6, 6.07) is 9.29. The number of furan rings is 2. The van der Waals surface area contributed by atoms with Gasteiger partial charge >= 0.3 is 0 Å². The Labute approximate surface area is 109 Å². The molecule has 3 nitrogen and oxygen atoms in total. The summed E-state index contributed by atoms with van der Waals surface area (Å²) in [5.74, 6) is 0.680. The predicted molar refractivity (Wildman–Crippen MR) is 70.7 cm³/mol. The van der Waals surface area contributed by atoms with Crippen molar-refractivity contribution < 1.29 is 8.83 Å². The summed E-state index contributed by atoms with van der Waals surface area (Å²) in [7, 11) is 0. The van der Waals surface area contributed by atoms with Crippen LogP contribution in [0.2, 0.25) is 5.22 Å². The first-order valence-corrected chi connectivity index (χ1v) is 6.01. The molecule has 92 valence electrons. The van der Waals surface area contributed by atoms with Gasteiger partial charge in [-0.15, -0.1) is 0 Å². The Morgan fingerprint density at radius 3 is 2.78 bits per heavy atom. The Morgan fingerprint density at radius 2 is 2.06 bits per heavy atom. The van der Waals surface area contributed by atoms with Gasteiger partial charge in [-0.2, -0.15) is 0 Å². The van der Waals surface area contributed by atoms with Crippen molar-refractivity contribution in [1.82, 2.24) is 0 Å². The monoisotopic (exact) mass is 261 g/mol. The van der Waals surface area contributed by atoms with Crippen LogP contribution in [0.25, 0.3) is 11.0 Å². The van der Waals surface area contributed by atoms with E-state index in [1.54, 1.807) is 6.07 Å². The standard InChI is InChI=1S/C14H12ClNO2/c1-8-2-3-11-9(6-8)7-12(18-11)13(16)10-4-5-17-14(10)15/h2-7,13H,16H2,1H3. The molecule has 0 aliphatic heterocycles. The molecule has 0 amide bonds. The van der Waals surface area contributed by atoms with Gasteiger partial charge in [0, 0.05) is 10.9 Å². The molecule has 0 aliphatic rings. The fraction of sp³-hybridized carbons (Fsp3) is 0.143. The number of fused-ring (bicyclic) bond motifs is 1. The van der Waals surface area contributed by atoms with E-state index in [9.17, 15) is 0 Å². The lowest BCUT2D eigenvalue weighted by molar-refractivity contribution is 0.518. The van der Waals surface area contributed by atoms with Gasteiger partial charge < -0.3 is 14.6 Å². The van der Waals surface area contributed by atoms with E-state index in [-0.39, 0.29) is 0 Å². The number of rotatable bonds is 2. The topological polar surface area (TPSA) is 52.3 Å². The number of hydrogen-bond donors (Lipinski definition) is 1. The smallest absolute Gasteiger partial charge is 0.198 e. The minimum atomic E-state index is -0.413. The second kappa shape index (κ2) is 4.19. The Balaban J connectivity index is 2.07. The summed E-state index contributed by atoms with van der Waals surface area (Å²) in [5.41, 5.74) is 8.86. The summed E-state index contributed by atoms with van der Waals surface area (Å²) in [6.07, 6.45) is 1.52. The van der Waals surface area contributed by atoms with E-state index < -0.39 is 6.04 Å². The highest BCUT2D eigenvalue weighted by Gasteiger charge is 2.18. The fourth-order valence-electron chi connectivity index (χ4n) is 2.02. The van der Waals surface area contributed by atoms with Crippen LogP contribution in [0.4, 0.5) is 0 Å². The van der Waals surface area contributed by atoms with E-state index in [0.717, 1.165) is 16.5 Å². The molecule has 0 aliphatic carbocycles. The SMILES string of the molecule is Cc1ccc2oc(C(N)c3ccoc3Cl)cc2c1. The maximum atomic E-state index is 6.13. The van der Waals surface area contributed by atoms with Gasteiger partial charge in [-0.1, -0.05) is 11.6 Å². The second-order valence-corrected chi connectivity index (χ2v) is 4.66. The highest BCUT2D eigenvalue weighted by Crippen LogP contribution is 2.31. The van der Waals surface area contributed by atoms with Crippen LogP contribution in [-0.4, -0.2) is 0 Å². The van der Waals surface area contributed by atoms with Crippen LogP contribution in [0.3, 0.4) is 0 Å². The van der Waals surface area contributed by atoms with Crippen molar-refractivity contribution in [3.05, 3.63) is 58.7 Å². The Kier molecular flexibility index (Phi) is 2.65. The molecule has 4 heteroatoms. The van der Waals surface area contributed by atoms with Gasteiger partial charge in [-0.25, -0.2) is 0 Å². The largest absolute Gasteiger partial charge is 0.459 e. The van der Waals surface area contributed by atoms with Crippen molar-refractivity contribution in [2.24, 2.45) is 5.73 Å². The quantitative estimate of drug-likeness (QED) is 0.757. The first kappa shape index (κ1) is 11.4. The number of halogens is 1. The lowest BCUT2D eigenvalue weighted by atomic mass is 10.1. The summed E-state index contributed by atoms with van der Waals surface area (Å²) >= 11 is 5.92. The van der Waals surface area contributed by atoms with Crippen molar-refractivity contribution in [3.8, 4) is 0 Å². The first-order chi connectivity index (χ1) is 8.65. The van der Waals surface area contributed by atoms with Gasteiger partial charge in [-0.05, 0) is 42.8 Å². The van der Waals surface area contributed by atoms with Crippen LogP contribution in [0.1, 0.15) is 22.9 Å². The normalized spacial score (nSPS) is 13.1. The molecule has 0 fully saturated rings. The third-order valence-electron chi connectivity index (χ3n) is 2.98. The van der Waals surface area contributed by atoms with Crippen molar-refractivity contribution in [2.75, 3.05) is 0 Å². The molecule has 2 aromatic heterocycles. The summed E-state index contributed by atoms with van der Waals surface area (Å²) in [5, 5.41) is 1.35. The highest BCUT2D eigenvalue weighted by atomic mass is 35.5. The second-order valence-electron chi connectivity index (χ2n) is 4.32. The first-order valence-electron chi connectivity index (χ1n) is 5.64. The van der Waals surface area contributed by atoms with E-state index in [1.165, 1.54) is 11.8 Å². The van der Waals surface area contributed by atoms with Gasteiger partial charge in [0.05, 0.1) is 12.3 Å². The Hall–Kier alpha value is -1.71. The zero-order valence-corrected chi connectivity index (χ0v) is 10.6. The molecule has 3 rings (SSSR count). The molecule has 0 radical (unpaired) electrons. The number of nitrogens with two attached hydrogens (primary N) is 1. The minimum absolute atomic E-state index is 0.305. The maximum absolute atomic E-state index is 6.13. The van der Waals surface area contributed by atoms with E-state index >= 15 is 0 Å². The Bertz CT molecular complexity index is 699. The van der Waals surface area contributed by atoms with E-state index in [4.69, 9.17) is 26.2 Å². The van der Waals surface area contributed by atoms with Crippen LogP contribution >= 0.6 is 11.6 Å². The molecule has 0 spiro atoms. The molecule has 1 atom stereocenters. The number of hydrogen-bond acceptors (Lipinski definition) is 3. The molecule has 2 heterocycles. The van der Waals surface area contributed by atoms with E-state index in [2.05, 4.69) is 6.07 Å². The van der Waals surface area contributed by atoms with Gasteiger partial charge in [0.2, 0.25) is 0 Å². The van der Waals surface area contributed by atoms with Crippen molar-refractivity contribution >= 4 is 22.6 Å². The minimum Gasteiger partial charge on any atom is -0.459 e. The van der Waals surface area contributed by atoms with Crippen molar-refractivity contribution in [3.63, 3.8) is 0 Å². The van der Waals surface area contributed by atoms with Gasteiger partial charge in [0.15, 0.2) is 5.22 Å². The average molecular weight is 262 g/mol. The predicted octanol–water partition coefficient (Wildman–Crippen LogP) is 4.04. The number of benzene rings is 1. The third-order valence-corrected chi connectivity index (χ3v) is 3.29. The van der Waals surface area contributed by atoms with Crippen LogP contribution < -0.4 is 5.73 Å². The molecule has 2 N–H and O–H groups in total. The van der Waals surface area contributed by atoms with Gasteiger partial charge in [0.1, 0.15) is 11.3 Å². The summed E-state index contributed by atoms with van der Waals surface area (Å²) in [4.78, 5) is 0. The van der Waals surface area contributed by atoms with E-state index in [1.807, 2.05) is 25.1 Å². The van der Waals surface area contributed by atoms with Crippen molar-refractivity contribution in [1.29, 1.82) is 0 Å². The van der Waals surface area contributed by atoms with Crippen molar-refractivity contribution in [2.45, 2.75) is 13.0 Å². The van der Waals surface area contributed by atoms with E-state index in [0.29, 0.717) is 11.0 Å². The lowest BCUT2D eigenvalue weighted by Gasteiger charge is -2.05. The number of aryl methyl sites for hydroxylation is 1. The fourth-order valence-corrected chi connectivity index (χ4v) is 2.25. The molecule has 0 bridgehead atoms. The molecule has 18 heavy (non-hydrogen) atoms. The maximum Gasteiger partial charge on any atom is 0.198 e. The zero-order valence-electron chi connectivity index (χ0n) is 9.81. The molecular formula is C14H12ClNO2. The molecular weight excluding hydrogens is 250 g/mol. The lowest BCUT2D eigenvalue weighted by Crippen LogP contribution is -2.10. The molecule has 0 saturated heterocycles. The summed E-state index contributed by atoms with van der Waals surface area (Å²) < 4.78 is 10.8. The van der Waals surface area contributed by atoms with Crippen LogP contribution in [-0.2, 0) is 0 Å². The highest BCUT2D eigenvalue weighted by molar-refractivity contribution is 6.29. The zero-order chi connectivity index (χ0) is 12.7. The van der Waals surface area contributed by atoms with Crippen LogP contribution in [0.15, 0.2) is 45.4 Å². The average Bonchev–Trinajstić information content (AvgIpc) is 2.93. The molecule has 1 aromatic carbocycles. The summed E-state index contributed by atoms with van der Waals surface area (Å²) in [6.45, 7) is 2.04. The molecule has 3 aromatic rings. The van der Waals surface area contributed by atoms with Crippen LogP contribution in [0, 0.1) is 6.92 Å². The Morgan fingerprint density at radius 1 is 1.22 bits per heavy atom. The van der Waals surface area contributed by atoms with Gasteiger partial charge in [-0.3, -0.25) is 0 Å². The molecule has 0 saturated carbocycles.